The second-order valence-corrected chi connectivity index (χ2v) is 9.03. The van der Waals surface area contributed by atoms with Crippen LogP contribution in [0.3, 0.4) is 0 Å². The molecule has 0 radical (unpaired) electrons. The van der Waals surface area contributed by atoms with Crippen LogP contribution in [0, 0.1) is 0 Å². The summed E-state index contributed by atoms with van der Waals surface area (Å²) >= 11 is 3.29. The number of fused-ring (bicyclic) bond motifs is 1. The lowest BCUT2D eigenvalue weighted by Gasteiger charge is -2.07. The van der Waals surface area contributed by atoms with E-state index in [2.05, 4.69) is 10.3 Å². The average molecular weight is 434 g/mol. The lowest BCUT2D eigenvalue weighted by atomic mass is 10.1. The molecule has 30 heavy (non-hydrogen) atoms. The van der Waals surface area contributed by atoms with Crippen molar-refractivity contribution < 1.29 is 9.59 Å². The van der Waals surface area contributed by atoms with E-state index in [0.717, 1.165) is 31.6 Å². The summed E-state index contributed by atoms with van der Waals surface area (Å²) in [6, 6.07) is 20.1. The number of thioether (sulfide) groups is 1. The molecule has 4 rings (SSSR count). The Labute approximate surface area is 182 Å². The number of carbonyl (C=O) groups excluding carboxylic acids is 2. The van der Waals surface area contributed by atoms with Crippen LogP contribution in [0.2, 0.25) is 0 Å². The van der Waals surface area contributed by atoms with Gasteiger partial charge < -0.3 is 11.1 Å². The van der Waals surface area contributed by atoms with Crippen molar-refractivity contribution in [1.82, 2.24) is 4.98 Å². The molecule has 0 saturated heterocycles. The molecule has 0 fully saturated rings. The summed E-state index contributed by atoms with van der Waals surface area (Å²) in [6.45, 7) is 1.51. The smallest absolute Gasteiger partial charge is 0.255 e. The number of nitrogen functional groups attached to an aromatic ring is 1. The van der Waals surface area contributed by atoms with Crippen molar-refractivity contribution in [2.45, 2.75) is 17.0 Å². The third-order valence-corrected chi connectivity index (χ3v) is 6.75. The van der Waals surface area contributed by atoms with E-state index < -0.39 is 0 Å². The highest BCUT2D eigenvalue weighted by molar-refractivity contribution is 8.00. The summed E-state index contributed by atoms with van der Waals surface area (Å²) in [5.41, 5.74) is 10.5. The predicted octanol–water partition coefficient (Wildman–Crippen LogP) is 5.63. The Balaban J connectivity index is 1.36. The van der Waals surface area contributed by atoms with Gasteiger partial charge >= 0.3 is 0 Å². The van der Waals surface area contributed by atoms with Crippen molar-refractivity contribution in [3.8, 4) is 0 Å². The summed E-state index contributed by atoms with van der Waals surface area (Å²) in [7, 11) is 0. The number of aromatic nitrogens is 1. The fourth-order valence-corrected chi connectivity index (χ4v) is 4.94. The molecule has 0 unspecified atom stereocenters. The van der Waals surface area contributed by atoms with Gasteiger partial charge in [0.1, 0.15) is 0 Å². The largest absolute Gasteiger partial charge is 0.399 e. The first-order valence-electron chi connectivity index (χ1n) is 9.28. The SMILES string of the molecule is CC(=O)c1ccc(NC(=O)c2ccc(CSc3nc4ccc(N)cc4s3)cc2)cc1. The van der Waals surface area contributed by atoms with Gasteiger partial charge in [0, 0.05) is 28.3 Å². The molecule has 0 bridgehead atoms. The minimum atomic E-state index is -0.187. The van der Waals surface area contributed by atoms with Crippen LogP contribution in [0.1, 0.15) is 33.2 Å². The number of nitrogens with two attached hydrogens (primary N) is 1. The van der Waals surface area contributed by atoms with Crippen LogP contribution in [0.4, 0.5) is 11.4 Å². The molecule has 0 aliphatic carbocycles. The number of ketones is 1. The monoisotopic (exact) mass is 433 g/mol. The number of rotatable bonds is 6. The molecule has 0 spiro atoms. The van der Waals surface area contributed by atoms with Crippen LogP contribution in [0.25, 0.3) is 10.2 Å². The molecule has 0 saturated carbocycles. The van der Waals surface area contributed by atoms with Gasteiger partial charge in [-0.3, -0.25) is 9.59 Å². The number of thiazole rings is 1. The van der Waals surface area contributed by atoms with E-state index in [0.29, 0.717) is 16.8 Å². The maximum atomic E-state index is 12.4. The number of nitrogens with one attached hydrogen (secondary N) is 1. The number of Topliss-reactive ketones (excluding diaryl/α,β-unsaturated/α-hetero) is 1. The molecule has 1 amide bonds. The highest BCUT2D eigenvalue weighted by Gasteiger charge is 2.09. The third-order valence-electron chi connectivity index (χ3n) is 4.52. The van der Waals surface area contributed by atoms with Crippen molar-refractivity contribution >= 4 is 56.4 Å². The highest BCUT2D eigenvalue weighted by Crippen LogP contribution is 2.32. The van der Waals surface area contributed by atoms with Crippen LogP contribution >= 0.6 is 23.1 Å². The molecule has 1 aromatic heterocycles. The number of amides is 1. The summed E-state index contributed by atoms with van der Waals surface area (Å²) in [5, 5.41) is 2.85. The first-order chi connectivity index (χ1) is 14.5. The quantitative estimate of drug-likeness (QED) is 0.234. The maximum Gasteiger partial charge on any atom is 0.255 e. The van der Waals surface area contributed by atoms with Crippen molar-refractivity contribution in [2.24, 2.45) is 0 Å². The molecule has 0 atom stereocenters. The molecular weight excluding hydrogens is 414 g/mol. The Hall–Kier alpha value is -3.16. The number of hydrogen-bond acceptors (Lipinski definition) is 6. The standard InChI is InChI=1S/C23H19N3O2S2/c1-14(27)16-6-9-19(10-7-16)25-22(28)17-4-2-15(3-5-17)13-29-23-26-20-11-8-18(24)12-21(20)30-23/h2-12H,13,24H2,1H3,(H,25,28). The summed E-state index contributed by atoms with van der Waals surface area (Å²) in [4.78, 5) is 28.4. The molecule has 4 aromatic rings. The number of carbonyl (C=O) groups is 2. The van der Waals surface area contributed by atoms with Gasteiger partial charge in [0.15, 0.2) is 10.1 Å². The summed E-state index contributed by atoms with van der Waals surface area (Å²) in [5.74, 6) is 0.578. The third kappa shape index (κ3) is 4.69. The second-order valence-electron chi connectivity index (χ2n) is 6.78. The summed E-state index contributed by atoms with van der Waals surface area (Å²) in [6.07, 6.45) is 0. The van der Waals surface area contributed by atoms with Crippen LogP contribution in [0.15, 0.2) is 71.1 Å². The van der Waals surface area contributed by atoms with Gasteiger partial charge in [0.2, 0.25) is 0 Å². The van der Waals surface area contributed by atoms with Gasteiger partial charge in [0.25, 0.3) is 5.91 Å². The predicted molar refractivity (Wildman–Crippen MR) is 124 cm³/mol. The van der Waals surface area contributed by atoms with Crippen LogP contribution < -0.4 is 11.1 Å². The Morgan fingerprint density at radius 2 is 1.70 bits per heavy atom. The van der Waals surface area contributed by atoms with Crippen LogP contribution in [-0.2, 0) is 5.75 Å². The number of benzene rings is 3. The molecule has 3 aromatic carbocycles. The van der Waals surface area contributed by atoms with Crippen molar-refractivity contribution in [3.05, 3.63) is 83.4 Å². The molecule has 0 aliphatic rings. The number of nitrogens with zero attached hydrogens (tertiary/aromatic N) is 1. The van der Waals surface area contributed by atoms with E-state index in [9.17, 15) is 9.59 Å². The minimum absolute atomic E-state index is 0.00341. The highest BCUT2D eigenvalue weighted by atomic mass is 32.2. The molecule has 5 nitrogen and oxygen atoms in total. The first kappa shape index (κ1) is 20.1. The number of hydrogen-bond donors (Lipinski definition) is 2. The molecule has 7 heteroatoms. The fourth-order valence-electron chi connectivity index (χ4n) is 2.87. The summed E-state index contributed by atoms with van der Waals surface area (Å²) < 4.78 is 2.08. The van der Waals surface area contributed by atoms with E-state index in [1.165, 1.54) is 6.92 Å². The van der Waals surface area contributed by atoms with Crippen molar-refractivity contribution in [1.29, 1.82) is 0 Å². The zero-order chi connectivity index (χ0) is 21.1. The Kier molecular flexibility index (Phi) is 5.83. The second kappa shape index (κ2) is 8.69. The van der Waals surface area contributed by atoms with E-state index in [4.69, 9.17) is 5.73 Å². The fraction of sp³-hybridized carbons (Fsp3) is 0.0870. The van der Waals surface area contributed by atoms with Gasteiger partial charge in [-0.05, 0) is 67.1 Å². The van der Waals surface area contributed by atoms with Gasteiger partial charge in [-0.2, -0.15) is 0 Å². The van der Waals surface area contributed by atoms with Crippen LogP contribution in [-0.4, -0.2) is 16.7 Å². The molecule has 3 N–H and O–H groups in total. The topological polar surface area (TPSA) is 85.1 Å². The molecule has 150 valence electrons. The van der Waals surface area contributed by atoms with Crippen molar-refractivity contribution in [3.63, 3.8) is 0 Å². The first-order valence-corrected chi connectivity index (χ1v) is 11.1. The number of anilines is 2. The molecule has 1 heterocycles. The Bertz CT molecular complexity index is 1220. The maximum absolute atomic E-state index is 12.4. The van der Waals surface area contributed by atoms with E-state index in [1.807, 2.05) is 42.5 Å². The zero-order valence-corrected chi connectivity index (χ0v) is 17.8. The minimum Gasteiger partial charge on any atom is -0.399 e. The van der Waals surface area contributed by atoms with Gasteiger partial charge in [-0.25, -0.2) is 4.98 Å². The van der Waals surface area contributed by atoms with E-state index in [1.54, 1.807) is 47.4 Å². The van der Waals surface area contributed by atoms with E-state index in [-0.39, 0.29) is 11.7 Å². The molecule has 0 aliphatic heterocycles. The zero-order valence-electron chi connectivity index (χ0n) is 16.2. The lowest BCUT2D eigenvalue weighted by molar-refractivity contribution is 0.101. The average Bonchev–Trinajstić information content (AvgIpc) is 3.15. The normalized spacial score (nSPS) is 10.8. The van der Waals surface area contributed by atoms with E-state index >= 15 is 0 Å². The van der Waals surface area contributed by atoms with Gasteiger partial charge in [-0.1, -0.05) is 23.9 Å². The lowest BCUT2D eigenvalue weighted by Crippen LogP contribution is -2.11. The van der Waals surface area contributed by atoms with Gasteiger partial charge in [-0.15, -0.1) is 11.3 Å². The van der Waals surface area contributed by atoms with Crippen molar-refractivity contribution in [2.75, 3.05) is 11.1 Å². The molecular formula is C23H19N3O2S2. The Morgan fingerprint density at radius 3 is 2.40 bits per heavy atom. The van der Waals surface area contributed by atoms with Crippen LogP contribution in [0.5, 0.6) is 0 Å². The Morgan fingerprint density at radius 1 is 1.00 bits per heavy atom. The van der Waals surface area contributed by atoms with Gasteiger partial charge in [0.05, 0.1) is 10.2 Å².